The Morgan fingerprint density at radius 3 is 2.78 bits per heavy atom. The zero-order valence-corrected chi connectivity index (χ0v) is 12.6. The lowest BCUT2D eigenvalue weighted by atomic mass is 10.2. The SMILES string of the molecule is COC(=O)c1ccc2nc(-c3ccc(Cl)c([N+](=O)[O-])c3)[nH]c2c1. The molecule has 0 saturated heterocycles. The van der Waals surface area contributed by atoms with Crippen molar-refractivity contribution in [1.82, 2.24) is 9.97 Å². The molecule has 0 bridgehead atoms. The van der Waals surface area contributed by atoms with Gasteiger partial charge in [0.2, 0.25) is 0 Å². The van der Waals surface area contributed by atoms with Gasteiger partial charge in [0.25, 0.3) is 5.69 Å². The summed E-state index contributed by atoms with van der Waals surface area (Å²) in [5.74, 6) is -0.00744. The van der Waals surface area contributed by atoms with Crippen LogP contribution in [0.4, 0.5) is 5.69 Å². The van der Waals surface area contributed by atoms with Gasteiger partial charge in [0.1, 0.15) is 10.8 Å². The molecule has 0 atom stereocenters. The predicted molar refractivity (Wildman–Crippen MR) is 84.5 cm³/mol. The number of nitrogens with zero attached hydrogens (tertiary/aromatic N) is 2. The van der Waals surface area contributed by atoms with E-state index in [1.807, 2.05) is 0 Å². The molecule has 3 rings (SSSR count). The van der Waals surface area contributed by atoms with Gasteiger partial charge in [-0.3, -0.25) is 10.1 Å². The van der Waals surface area contributed by atoms with Crippen LogP contribution in [0.1, 0.15) is 10.4 Å². The second-order valence-electron chi connectivity index (χ2n) is 4.73. The Labute approximate surface area is 135 Å². The topological polar surface area (TPSA) is 98.1 Å². The fourth-order valence-corrected chi connectivity index (χ4v) is 2.38. The van der Waals surface area contributed by atoms with Crippen LogP contribution >= 0.6 is 11.6 Å². The summed E-state index contributed by atoms with van der Waals surface area (Å²) in [7, 11) is 1.30. The van der Waals surface area contributed by atoms with Crippen molar-refractivity contribution in [2.45, 2.75) is 0 Å². The van der Waals surface area contributed by atoms with E-state index >= 15 is 0 Å². The smallest absolute Gasteiger partial charge is 0.337 e. The van der Waals surface area contributed by atoms with Gasteiger partial charge in [-0.25, -0.2) is 9.78 Å². The molecule has 0 fully saturated rings. The number of hydrogen-bond donors (Lipinski definition) is 1. The average molecular weight is 332 g/mol. The van der Waals surface area contributed by atoms with Crippen LogP contribution in [-0.4, -0.2) is 28.0 Å². The van der Waals surface area contributed by atoms with E-state index < -0.39 is 10.9 Å². The monoisotopic (exact) mass is 331 g/mol. The Balaban J connectivity index is 2.09. The quantitative estimate of drug-likeness (QED) is 0.449. The number of nitro groups is 1. The highest BCUT2D eigenvalue weighted by molar-refractivity contribution is 6.32. The van der Waals surface area contributed by atoms with Crippen LogP contribution in [0.15, 0.2) is 36.4 Å². The number of carbonyl (C=O) groups excluding carboxylic acids is 1. The van der Waals surface area contributed by atoms with Gasteiger partial charge in [0.15, 0.2) is 0 Å². The highest BCUT2D eigenvalue weighted by Gasteiger charge is 2.16. The fourth-order valence-electron chi connectivity index (χ4n) is 2.19. The number of H-pyrrole nitrogens is 1. The number of methoxy groups -OCH3 is 1. The number of nitrogens with one attached hydrogen (secondary N) is 1. The number of rotatable bonds is 3. The number of benzene rings is 2. The summed E-state index contributed by atoms with van der Waals surface area (Å²) in [5.41, 5.74) is 1.97. The van der Waals surface area contributed by atoms with Crippen LogP contribution in [0.5, 0.6) is 0 Å². The van der Waals surface area contributed by atoms with Gasteiger partial charge < -0.3 is 9.72 Å². The van der Waals surface area contributed by atoms with E-state index in [0.717, 1.165) is 0 Å². The van der Waals surface area contributed by atoms with Gasteiger partial charge >= 0.3 is 5.97 Å². The van der Waals surface area contributed by atoms with Gasteiger partial charge in [0.05, 0.1) is 28.6 Å². The first-order valence-corrected chi connectivity index (χ1v) is 6.90. The Kier molecular flexibility index (Phi) is 3.71. The predicted octanol–water partition coefficient (Wildman–Crippen LogP) is 3.58. The highest BCUT2D eigenvalue weighted by Crippen LogP contribution is 2.30. The molecule has 8 heteroatoms. The number of nitro benzene ring substituents is 1. The molecule has 0 radical (unpaired) electrons. The Morgan fingerprint density at radius 1 is 1.30 bits per heavy atom. The van der Waals surface area contributed by atoms with Crippen LogP contribution in [0.3, 0.4) is 0 Å². The van der Waals surface area contributed by atoms with E-state index in [-0.39, 0.29) is 10.7 Å². The number of esters is 1. The summed E-state index contributed by atoms with van der Waals surface area (Å²) in [4.78, 5) is 29.4. The van der Waals surface area contributed by atoms with E-state index in [0.29, 0.717) is 28.0 Å². The highest BCUT2D eigenvalue weighted by atomic mass is 35.5. The fraction of sp³-hybridized carbons (Fsp3) is 0.0667. The van der Waals surface area contributed by atoms with Crippen LogP contribution in [-0.2, 0) is 4.74 Å². The third-order valence-corrected chi connectivity index (χ3v) is 3.64. The minimum Gasteiger partial charge on any atom is -0.465 e. The third kappa shape index (κ3) is 2.74. The lowest BCUT2D eigenvalue weighted by Crippen LogP contribution is -2.00. The molecule has 116 valence electrons. The minimum atomic E-state index is -0.552. The normalized spacial score (nSPS) is 10.7. The second-order valence-corrected chi connectivity index (χ2v) is 5.14. The van der Waals surface area contributed by atoms with Gasteiger partial charge in [-0.1, -0.05) is 11.6 Å². The number of halogens is 1. The van der Waals surface area contributed by atoms with E-state index in [1.165, 1.54) is 19.2 Å². The molecular formula is C15H10ClN3O4. The molecule has 2 aromatic carbocycles. The second kappa shape index (κ2) is 5.69. The van der Waals surface area contributed by atoms with Crippen molar-refractivity contribution < 1.29 is 14.5 Å². The Morgan fingerprint density at radius 2 is 2.09 bits per heavy atom. The summed E-state index contributed by atoms with van der Waals surface area (Å²) in [6.45, 7) is 0. The standard InChI is InChI=1S/C15H10ClN3O4/c1-23-15(20)9-3-5-11-12(6-9)18-14(17-11)8-2-4-10(16)13(7-8)19(21)22/h2-7H,1H3,(H,17,18). The summed E-state index contributed by atoms with van der Waals surface area (Å²) in [6.07, 6.45) is 0. The van der Waals surface area contributed by atoms with Crippen LogP contribution < -0.4 is 0 Å². The number of fused-ring (bicyclic) bond motifs is 1. The van der Waals surface area contributed by atoms with Crippen LogP contribution in [0.2, 0.25) is 5.02 Å². The van der Waals surface area contributed by atoms with Crippen molar-refractivity contribution in [3.8, 4) is 11.4 Å². The molecule has 0 saturated carbocycles. The molecule has 23 heavy (non-hydrogen) atoms. The van der Waals surface area contributed by atoms with Gasteiger partial charge in [-0.15, -0.1) is 0 Å². The molecule has 3 aromatic rings. The van der Waals surface area contributed by atoms with E-state index in [9.17, 15) is 14.9 Å². The largest absolute Gasteiger partial charge is 0.465 e. The zero-order chi connectivity index (χ0) is 16.6. The molecule has 0 aliphatic rings. The molecule has 0 aliphatic carbocycles. The maximum Gasteiger partial charge on any atom is 0.337 e. The number of aromatic amines is 1. The van der Waals surface area contributed by atoms with Crippen molar-refractivity contribution >= 4 is 34.3 Å². The Hall–Kier alpha value is -2.93. The first kappa shape index (κ1) is 15.0. The molecule has 1 heterocycles. The molecule has 0 spiro atoms. The van der Waals surface area contributed by atoms with Gasteiger partial charge in [-0.05, 0) is 30.3 Å². The summed E-state index contributed by atoms with van der Waals surface area (Å²) >= 11 is 5.81. The summed E-state index contributed by atoms with van der Waals surface area (Å²) in [6, 6.07) is 9.31. The van der Waals surface area contributed by atoms with E-state index in [2.05, 4.69) is 14.7 Å². The minimum absolute atomic E-state index is 0.0582. The molecule has 1 N–H and O–H groups in total. The van der Waals surface area contributed by atoms with Crippen LogP contribution in [0, 0.1) is 10.1 Å². The zero-order valence-electron chi connectivity index (χ0n) is 11.9. The first-order chi connectivity index (χ1) is 11.0. The molecular weight excluding hydrogens is 322 g/mol. The number of hydrogen-bond acceptors (Lipinski definition) is 5. The van der Waals surface area contributed by atoms with Crippen LogP contribution in [0.25, 0.3) is 22.4 Å². The lowest BCUT2D eigenvalue weighted by Gasteiger charge is -1.99. The maximum atomic E-state index is 11.5. The first-order valence-electron chi connectivity index (χ1n) is 6.52. The number of ether oxygens (including phenoxy) is 1. The third-order valence-electron chi connectivity index (χ3n) is 3.32. The Bertz CT molecular complexity index is 936. The number of imidazole rings is 1. The van der Waals surface area contributed by atoms with Crippen molar-refractivity contribution in [1.29, 1.82) is 0 Å². The van der Waals surface area contributed by atoms with Crippen molar-refractivity contribution in [2.24, 2.45) is 0 Å². The molecule has 0 unspecified atom stereocenters. The number of carbonyl (C=O) groups is 1. The van der Waals surface area contributed by atoms with E-state index in [4.69, 9.17) is 11.6 Å². The molecule has 0 aliphatic heterocycles. The molecule has 0 amide bonds. The summed E-state index contributed by atoms with van der Waals surface area (Å²) < 4.78 is 4.67. The van der Waals surface area contributed by atoms with Crippen molar-refractivity contribution in [3.63, 3.8) is 0 Å². The lowest BCUT2D eigenvalue weighted by molar-refractivity contribution is -0.384. The molecule has 1 aromatic heterocycles. The van der Waals surface area contributed by atoms with Crippen molar-refractivity contribution in [2.75, 3.05) is 7.11 Å². The van der Waals surface area contributed by atoms with E-state index in [1.54, 1.807) is 24.3 Å². The van der Waals surface area contributed by atoms with Gasteiger partial charge in [-0.2, -0.15) is 0 Å². The number of aromatic nitrogens is 2. The average Bonchev–Trinajstić information content (AvgIpc) is 2.97. The molecule has 7 nitrogen and oxygen atoms in total. The summed E-state index contributed by atoms with van der Waals surface area (Å²) in [5, 5.41) is 11.0. The maximum absolute atomic E-state index is 11.5. The van der Waals surface area contributed by atoms with Crippen molar-refractivity contribution in [3.05, 3.63) is 57.1 Å². The van der Waals surface area contributed by atoms with Gasteiger partial charge in [0, 0.05) is 11.6 Å².